The lowest BCUT2D eigenvalue weighted by molar-refractivity contribution is 0.0709. The molecule has 1 saturated heterocycles. The predicted molar refractivity (Wildman–Crippen MR) is 125 cm³/mol. The van der Waals surface area contributed by atoms with E-state index in [0.29, 0.717) is 37.4 Å². The van der Waals surface area contributed by atoms with Gasteiger partial charge in [0.15, 0.2) is 5.69 Å². The number of anilines is 1. The number of benzene rings is 1. The highest BCUT2D eigenvalue weighted by atomic mass is 32.1. The van der Waals surface area contributed by atoms with Crippen LogP contribution in [-0.2, 0) is 19.5 Å². The van der Waals surface area contributed by atoms with E-state index in [1.54, 1.807) is 0 Å². The third kappa shape index (κ3) is 3.79. The number of hydrogen-bond donors (Lipinski definition) is 0. The number of piperazine rings is 1. The number of fused-ring (bicyclic) bond motifs is 1. The number of aromatic nitrogens is 2. The van der Waals surface area contributed by atoms with Gasteiger partial charge in [0, 0.05) is 68.0 Å². The van der Waals surface area contributed by atoms with Crippen LogP contribution >= 0.6 is 11.3 Å². The zero-order valence-corrected chi connectivity index (χ0v) is 19.1. The Labute approximate surface area is 191 Å². The number of hydrogen-bond acceptors (Lipinski definition) is 5. The number of para-hydroxylation sites is 1. The predicted octanol–water partition coefficient (Wildman–Crippen LogP) is 3.13. The van der Waals surface area contributed by atoms with E-state index in [9.17, 15) is 9.59 Å². The maximum atomic E-state index is 13.5. The van der Waals surface area contributed by atoms with Crippen molar-refractivity contribution in [1.82, 2.24) is 19.6 Å². The number of amides is 2. The topological polar surface area (TPSA) is 61.7 Å². The van der Waals surface area contributed by atoms with E-state index in [1.165, 1.54) is 17.0 Å². The van der Waals surface area contributed by atoms with Crippen LogP contribution in [0.1, 0.15) is 39.0 Å². The average Bonchev–Trinajstić information content (AvgIpc) is 3.52. The van der Waals surface area contributed by atoms with Gasteiger partial charge in [-0.1, -0.05) is 18.2 Å². The second-order valence-electron chi connectivity index (χ2n) is 8.19. The smallest absolute Gasteiger partial charge is 0.274 e. The number of carbonyl (C=O) groups is 2. The van der Waals surface area contributed by atoms with Gasteiger partial charge in [0.25, 0.3) is 11.8 Å². The maximum absolute atomic E-state index is 13.5. The van der Waals surface area contributed by atoms with Crippen LogP contribution in [-0.4, -0.2) is 64.1 Å². The number of thiophene rings is 1. The highest BCUT2D eigenvalue weighted by Gasteiger charge is 2.33. The van der Waals surface area contributed by atoms with Crippen molar-refractivity contribution in [3.8, 4) is 0 Å². The van der Waals surface area contributed by atoms with E-state index < -0.39 is 0 Å². The molecule has 0 aliphatic carbocycles. The van der Waals surface area contributed by atoms with Crippen LogP contribution in [0, 0.1) is 0 Å². The number of carbonyl (C=O) groups excluding carboxylic acids is 2. The van der Waals surface area contributed by atoms with Crippen molar-refractivity contribution in [3.63, 3.8) is 0 Å². The van der Waals surface area contributed by atoms with Crippen molar-refractivity contribution >= 4 is 28.8 Å². The molecule has 4 heterocycles. The lowest BCUT2D eigenvalue weighted by Gasteiger charge is -2.36. The van der Waals surface area contributed by atoms with E-state index in [4.69, 9.17) is 5.10 Å². The summed E-state index contributed by atoms with van der Waals surface area (Å²) in [5.41, 5.74) is 4.42. The summed E-state index contributed by atoms with van der Waals surface area (Å²) in [6.45, 7) is 6.78. The van der Waals surface area contributed by atoms with Gasteiger partial charge in [-0.15, -0.1) is 0 Å². The van der Waals surface area contributed by atoms with Crippen LogP contribution in [0.15, 0.2) is 47.2 Å². The first-order valence-electron chi connectivity index (χ1n) is 11.1. The summed E-state index contributed by atoms with van der Waals surface area (Å²) >= 11 is 1.52. The van der Waals surface area contributed by atoms with E-state index >= 15 is 0 Å². The molecule has 0 spiro atoms. The summed E-state index contributed by atoms with van der Waals surface area (Å²) in [7, 11) is 0. The first-order valence-corrected chi connectivity index (χ1v) is 12.1. The van der Waals surface area contributed by atoms with Crippen molar-refractivity contribution in [2.24, 2.45) is 0 Å². The molecule has 0 atom stereocenters. The van der Waals surface area contributed by atoms with Gasteiger partial charge in [-0.05, 0) is 30.5 Å². The van der Waals surface area contributed by atoms with Crippen LogP contribution in [0.25, 0.3) is 0 Å². The second kappa shape index (κ2) is 8.78. The molecule has 0 saturated carbocycles. The summed E-state index contributed by atoms with van der Waals surface area (Å²) in [6.07, 6.45) is 0.723. The Morgan fingerprint density at radius 2 is 1.75 bits per heavy atom. The summed E-state index contributed by atoms with van der Waals surface area (Å²) in [5.74, 6) is 0.00187. The Balaban J connectivity index is 1.34. The van der Waals surface area contributed by atoms with Crippen molar-refractivity contribution in [1.29, 1.82) is 0 Å². The van der Waals surface area contributed by atoms with E-state index in [2.05, 4.69) is 17.0 Å². The summed E-state index contributed by atoms with van der Waals surface area (Å²) < 4.78 is 1.94. The Hall–Kier alpha value is -3.13. The zero-order valence-electron chi connectivity index (χ0n) is 18.2. The molecule has 0 unspecified atom stereocenters. The quantitative estimate of drug-likeness (QED) is 0.614. The summed E-state index contributed by atoms with van der Waals surface area (Å²) in [5, 5.41) is 8.49. The minimum Gasteiger partial charge on any atom is -0.368 e. The zero-order chi connectivity index (χ0) is 22.1. The first kappa shape index (κ1) is 20.8. The molecule has 32 heavy (non-hydrogen) atoms. The molecule has 1 fully saturated rings. The van der Waals surface area contributed by atoms with Gasteiger partial charge in [0.2, 0.25) is 0 Å². The van der Waals surface area contributed by atoms with Gasteiger partial charge in [-0.3, -0.25) is 14.3 Å². The lowest BCUT2D eigenvalue weighted by Crippen LogP contribution is -2.49. The van der Waals surface area contributed by atoms with Gasteiger partial charge >= 0.3 is 0 Å². The second-order valence-corrected chi connectivity index (χ2v) is 8.97. The van der Waals surface area contributed by atoms with Crippen molar-refractivity contribution in [2.45, 2.75) is 26.4 Å². The van der Waals surface area contributed by atoms with Gasteiger partial charge in [0.1, 0.15) is 0 Å². The molecule has 8 heteroatoms. The molecule has 5 rings (SSSR count). The Morgan fingerprint density at radius 1 is 0.969 bits per heavy atom. The third-order valence-electron chi connectivity index (χ3n) is 6.38. The van der Waals surface area contributed by atoms with Gasteiger partial charge in [0.05, 0.1) is 12.1 Å². The molecular weight excluding hydrogens is 422 g/mol. The van der Waals surface area contributed by atoms with E-state index in [-0.39, 0.29) is 11.8 Å². The SMILES string of the molecule is CCn1nc(C(=O)N2CCN(c3ccccc3)CC2)c2c1CCN(C(=O)c1ccsc1)C2. The molecule has 3 aromatic rings. The van der Waals surface area contributed by atoms with Crippen molar-refractivity contribution < 1.29 is 9.59 Å². The third-order valence-corrected chi connectivity index (χ3v) is 7.06. The van der Waals surface area contributed by atoms with Gasteiger partial charge < -0.3 is 14.7 Å². The fourth-order valence-electron chi connectivity index (χ4n) is 4.62. The summed E-state index contributed by atoms with van der Waals surface area (Å²) in [4.78, 5) is 32.4. The number of rotatable bonds is 4. The highest BCUT2D eigenvalue weighted by Crippen LogP contribution is 2.26. The van der Waals surface area contributed by atoms with Crippen molar-refractivity contribution in [2.75, 3.05) is 37.6 Å². The fourth-order valence-corrected chi connectivity index (χ4v) is 5.25. The molecule has 2 aliphatic heterocycles. The number of nitrogens with zero attached hydrogens (tertiary/aromatic N) is 5. The Morgan fingerprint density at radius 3 is 2.44 bits per heavy atom. The highest BCUT2D eigenvalue weighted by molar-refractivity contribution is 7.08. The normalized spacial score (nSPS) is 16.2. The molecule has 0 N–H and O–H groups in total. The molecular formula is C24H27N5O2S. The monoisotopic (exact) mass is 449 g/mol. The average molecular weight is 450 g/mol. The van der Waals surface area contributed by atoms with Gasteiger partial charge in [-0.2, -0.15) is 16.4 Å². The Kier molecular flexibility index (Phi) is 5.70. The molecule has 0 radical (unpaired) electrons. The minimum atomic E-state index is -0.0222. The summed E-state index contributed by atoms with van der Waals surface area (Å²) in [6, 6.07) is 12.2. The van der Waals surface area contributed by atoms with Crippen LogP contribution in [0.2, 0.25) is 0 Å². The van der Waals surface area contributed by atoms with E-state index in [0.717, 1.165) is 37.3 Å². The molecule has 2 aromatic heterocycles. The van der Waals surface area contributed by atoms with Crippen LogP contribution in [0.4, 0.5) is 5.69 Å². The minimum absolute atomic E-state index is 0.0222. The van der Waals surface area contributed by atoms with Crippen LogP contribution in [0.3, 0.4) is 0 Å². The molecule has 2 amide bonds. The Bertz CT molecular complexity index is 1100. The molecule has 166 valence electrons. The first-order chi connectivity index (χ1) is 15.7. The van der Waals surface area contributed by atoms with Crippen molar-refractivity contribution in [3.05, 3.63) is 69.7 Å². The van der Waals surface area contributed by atoms with Crippen LogP contribution < -0.4 is 4.90 Å². The van der Waals surface area contributed by atoms with Gasteiger partial charge in [-0.25, -0.2) is 0 Å². The lowest BCUT2D eigenvalue weighted by atomic mass is 10.0. The standard InChI is InChI=1S/C24H27N5O2S/c1-2-29-21-8-10-28(23(30)18-9-15-32-17-18)16-20(21)22(25-29)24(31)27-13-11-26(12-14-27)19-6-4-3-5-7-19/h3-7,9,15,17H,2,8,10-14,16H2,1H3. The van der Waals surface area contributed by atoms with Crippen LogP contribution in [0.5, 0.6) is 0 Å². The maximum Gasteiger partial charge on any atom is 0.274 e. The number of aryl methyl sites for hydroxylation is 1. The largest absolute Gasteiger partial charge is 0.368 e. The molecule has 1 aromatic carbocycles. The molecule has 0 bridgehead atoms. The molecule has 7 nitrogen and oxygen atoms in total. The fraction of sp³-hybridized carbons (Fsp3) is 0.375. The van der Waals surface area contributed by atoms with E-state index in [1.807, 2.05) is 56.4 Å². The molecule has 2 aliphatic rings.